The fraction of sp³-hybridized carbons (Fsp3) is 0.500. The second kappa shape index (κ2) is 3.25. The van der Waals surface area contributed by atoms with Gasteiger partial charge in [-0.2, -0.15) is 0 Å². The summed E-state index contributed by atoms with van der Waals surface area (Å²) in [5.41, 5.74) is 1.09. The predicted molar refractivity (Wildman–Crippen MR) is 33.9 cm³/mol. The van der Waals surface area contributed by atoms with E-state index in [9.17, 15) is 0 Å². The minimum atomic E-state index is 0.847. The van der Waals surface area contributed by atoms with Crippen LogP contribution in [0.25, 0.3) is 0 Å². The normalized spacial score (nSPS) is 9.89. The number of hydrogen-bond donors (Lipinski definition) is 1. The first kappa shape index (κ1) is 6.29. The maximum absolute atomic E-state index is 4.62. The Morgan fingerprint density at radius 2 is 2.67 bits per heavy atom. The summed E-state index contributed by atoms with van der Waals surface area (Å²) in [6.07, 6.45) is 3.35. The van der Waals surface area contributed by atoms with E-state index in [0.29, 0.717) is 0 Å². The van der Waals surface area contributed by atoms with Crippen LogP contribution in [-0.4, -0.2) is 11.7 Å². The molecule has 1 rings (SSSR count). The molecule has 0 aliphatic carbocycles. The third-order valence-corrected chi connectivity index (χ3v) is 1.06. The van der Waals surface area contributed by atoms with Crippen LogP contribution in [-0.2, 0) is 6.54 Å². The van der Waals surface area contributed by atoms with Crippen LogP contribution < -0.4 is 5.32 Å². The molecule has 0 atom stereocenters. The molecule has 0 aliphatic heterocycles. The third-order valence-electron chi connectivity index (χ3n) is 1.06. The SMILES string of the molecule is CCNCc1cnoc1. The van der Waals surface area contributed by atoms with Gasteiger partial charge in [-0.3, -0.25) is 0 Å². The van der Waals surface area contributed by atoms with Gasteiger partial charge in [0.05, 0.1) is 6.20 Å². The van der Waals surface area contributed by atoms with E-state index in [1.807, 2.05) is 0 Å². The van der Waals surface area contributed by atoms with Gasteiger partial charge in [0.1, 0.15) is 6.26 Å². The van der Waals surface area contributed by atoms with Crippen LogP contribution in [0.4, 0.5) is 0 Å². The number of rotatable bonds is 3. The number of hydrogen-bond acceptors (Lipinski definition) is 3. The Labute approximate surface area is 54.0 Å². The van der Waals surface area contributed by atoms with Crippen molar-refractivity contribution in [3.05, 3.63) is 18.0 Å². The topological polar surface area (TPSA) is 38.1 Å². The van der Waals surface area contributed by atoms with Crippen molar-refractivity contribution >= 4 is 0 Å². The van der Waals surface area contributed by atoms with E-state index < -0.39 is 0 Å². The molecule has 0 saturated heterocycles. The minimum Gasteiger partial charge on any atom is -0.364 e. The molecule has 9 heavy (non-hydrogen) atoms. The quantitative estimate of drug-likeness (QED) is 0.650. The monoisotopic (exact) mass is 126 g/mol. The zero-order chi connectivity index (χ0) is 6.53. The summed E-state index contributed by atoms with van der Waals surface area (Å²) in [7, 11) is 0. The van der Waals surface area contributed by atoms with Gasteiger partial charge in [-0.1, -0.05) is 12.1 Å². The summed E-state index contributed by atoms with van der Waals surface area (Å²) >= 11 is 0. The summed E-state index contributed by atoms with van der Waals surface area (Å²) in [6, 6.07) is 0. The first-order valence-corrected chi connectivity index (χ1v) is 3.02. The van der Waals surface area contributed by atoms with Gasteiger partial charge >= 0.3 is 0 Å². The lowest BCUT2D eigenvalue weighted by atomic mass is 10.4. The second-order valence-electron chi connectivity index (χ2n) is 1.81. The van der Waals surface area contributed by atoms with E-state index in [0.717, 1.165) is 18.7 Å². The highest BCUT2D eigenvalue weighted by molar-refractivity contribution is 4.98. The molecule has 1 aromatic rings. The Morgan fingerprint density at radius 3 is 3.22 bits per heavy atom. The van der Waals surface area contributed by atoms with E-state index >= 15 is 0 Å². The molecule has 50 valence electrons. The first-order chi connectivity index (χ1) is 4.43. The zero-order valence-electron chi connectivity index (χ0n) is 5.42. The lowest BCUT2D eigenvalue weighted by molar-refractivity contribution is 0.418. The van der Waals surface area contributed by atoms with Crippen LogP contribution in [0.2, 0.25) is 0 Å². The summed E-state index contributed by atoms with van der Waals surface area (Å²) < 4.78 is 4.62. The molecular weight excluding hydrogens is 116 g/mol. The van der Waals surface area contributed by atoms with Crippen LogP contribution in [0.3, 0.4) is 0 Å². The van der Waals surface area contributed by atoms with Crippen molar-refractivity contribution in [1.29, 1.82) is 0 Å². The van der Waals surface area contributed by atoms with E-state index in [2.05, 4.69) is 21.9 Å². The van der Waals surface area contributed by atoms with Crippen LogP contribution in [0, 0.1) is 0 Å². The molecule has 0 radical (unpaired) electrons. The van der Waals surface area contributed by atoms with E-state index in [4.69, 9.17) is 0 Å². The van der Waals surface area contributed by atoms with Crippen molar-refractivity contribution in [2.24, 2.45) is 0 Å². The predicted octanol–water partition coefficient (Wildman–Crippen LogP) is 0.784. The maximum Gasteiger partial charge on any atom is 0.128 e. The number of nitrogens with one attached hydrogen (secondary N) is 1. The molecule has 3 nitrogen and oxygen atoms in total. The molecule has 3 heteroatoms. The van der Waals surface area contributed by atoms with Crippen LogP contribution in [0.15, 0.2) is 17.0 Å². The molecule has 1 N–H and O–H groups in total. The highest BCUT2D eigenvalue weighted by atomic mass is 16.5. The Hall–Kier alpha value is -0.830. The molecule has 1 aromatic heterocycles. The highest BCUT2D eigenvalue weighted by Crippen LogP contribution is 1.93. The number of aromatic nitrogens is 1. The molecule has 0 saturated carbocycles. The second-order valence-corrected chi connectivity index (χ2v) is 1.81. The van der Waals surface area contributed by atoms with Crippen molar-refractivity contribution in [2.75, 3.05) is 6.54 Å². The average molecular weight is 126 g/mol. The fourth-order valence-corrected chi connectivity index (χ4v) is 0.583. The standard InChI is InChI=1S/C6H10N2O/c1-2-7-3-6-4-8-9-5-6/h4-5,7H,2-3H2,1H3. The Balaban J connectivity index is 2.30. The molecule has 0 unspecified atom stereocenters. The molecule has 0 bridgehead atoms. The van der Waals surface area contributed by atoms with Gasteiger partial charge < -0.3 is 9.84 Å². The zero-order valence-corrected chi connectivity index (χ0v) is 5.42. The smallest absolute Gasteiger partial charge is 0.128 e. The average Bonchev–Trinajstić information content (AvgIpc) is 2.34. The summed E-state index contributed by atoms with van der Waals surface area (Å²) in [6.45, 7) is 3.89. The van der Waals surface area contributed by atoms with Gasteiger partial charge in [0.2, 0.25) is 0 Å². The maximum atomic E-state index is 4.62. The fourth-order valence-electron chi connectivity index (χ4n) is 0.583. The van der Waals surface area contributed by atoms with Crippen LogP contribution in [0.5, 0.6) is 0 Å². The number of nitrogens with zero attached hydrogens (tertiary/aromatic N) is 1. The molecule has 0 amide bonds. The lowest BCUT2D eigenvalue weighted by Crippen LogP contribution is -2.10. The Morgan fingerprint density at radius 1 is 1.78 bits per heavy atom. The van der Waals surface area contributed by atoms with Crippen molar-refractivity contribution < 1.29 is 4.52 Å². The van der Waals surface area contributed by atoms with Crippen molar-refractivity contribution in [1.82, 2.24) is 10.5 Å². The van der Waals surface area contributed by atoms with Gasteiger partial charge in [0.15, 0.2) is 0 Å². The molecular formula is C6H10N2O. The van der Waals surface area contributed by atoms with E-state index in [1.54, 1.807) is 12.5 Å². The third kappa shape index (κ3) is 1.85. The molecule has 0 fully saturated rings. The van der Waals surface area contributed by atoms with Crippen LogP contribution >= 0.6 is 0 Å². The van der Waals surface area contributed by atoms with Gasteiger partial charge in [0.25, 0.3) is 0 Å². The summed E-state index contributed by atoms with van der Waals surface area (Å²) in [5, 5.41) is 6.71. The first-order valence-electron chi connectivity index (χ1n) is 3.02. The van der Waals surface area contributed by atoms with Crippen molar-refractivity contribution in [2.45, 2.75) is 13.5 Å². The largest absolute Gasteiger partial charge is 0.364 e. The van der Waals surface area contributed by atoms with Gasteiger partial charge in [-0.15, -0.1) is 0 Å². The molecule has 1 heterocycles. The molecule has 0 aliphatic rings. The lowest BCUT2D eigenvalue weighted by Gasteiger charge is -1.93. The van der Waals surface area contributed by atoms with Crippen LogP contribution in [0.1, 0.15) is 12.5 Å². The van der Waals surface area contributed by atoms with Crippen molar-refractivity contribution in [3.8, 4) is 0 Å². The Bertz CT molecular complexity index is 148. The van der Waals surface area contributed by atoms with E-state index in [-0.39, 0.29) is 0 Å². The Kier molecular flexibility index (Phi) is 2.27. The van der Waals surface area contributed by atoms with Gasteiger partial charge in [-0.25, -0.2) is 0 Å². The molecule has 0 spiro atoms. The minimum absolute atomic E-state index is 0.847. The van der Waals surface area contributed by atoms with E-state index in [1.165, 1.54) is 0 Å². The molecule has 0 aromatic carbocycles. The van der Waals surface area contributed by atoms with Gasteiger partial charge in [0, 0.05) is 12.1 Å². The highest BCUT2D eigenvalue weighted by Gasteiger charge is 1.90. The summed E-state index contributed by atoms with van der Waals surface area (Å²) in [5.74, 6) is 0. The van der Waals surface area contributed by atoms with Crippen molar-refractivity contribution in [3.63, 3.8) is 0 Å². The van der Waals surface area contributed by atoms with Gasteiger partial charge in [-0.05, 0) is 6.54 Å². The summed E-state index contributed by atoms with van der Waals surface area (Å²) in [4.78, 5) is 0.